The Balaban J connectivity index is 2.53. The normalized spacial score (nSPS) is 15.6. The van der Waals surface area contributed by atoms with Gasteiger partial charge in [-0.2, -0.15) is 0 Å². The van der Waals surface area contributed by atoms with Crippen molar-refractivity contribution in [3.05, 3.63) is 0 Å². The second-order valence-corrected chi connectivity index (χ2v) is 4.49. The third-order valence-corrected chi connectivity index (χ3v) is 2.86. The smallest absolute Gasteiger partial charge is 0.326 e. The lowest BCUT2D eigenvalue weighted by atomic mass is 10.1. The van der Waals surface area contributed by atoms with Gasteiger partial charge in [0.15, 0.2) is 0 Å². The maximum absolute atomic E-state index is 11.9. The molecule has 1 aliphatic rings. The van der Waals surface area contributed by atoms with Crippen LogP contribution >= 0.6 is 0 Å². The molecule has 0 aromatic carbocycles. The van der Waals surface area contributed by atoms with E-state index >= 15 is 0 Å². The number of carbonyl (C=O) groups excluding carboxylic acids is 2. The summed E-state index contributed by atoms with van der Waals surface area (Å²) in [5, 5.41) is 20.2. The van der Waals surface area contributed by atoms with Crippen molar-refractivity contribution in [2.45, 2.75) is 37.8 Å². The minimum Gasteiger partial charge on any atom is -0.480 e. The zero-order valence-electron chi connectivity index (χ0n) is 10.5. The molecule has 5 N–H and O–H groups in total. The molecule has 0 heterocycles. The number of hydrogen-bond acceptors (Lipinski definition) is 4. The van der Waals surface area contributed by atoms with Gasteiger partial charge < -0.3 is 26.2 Å². The van der Waals surface area contributed by atoms with Crippen molar-refractivity contribution in [1.82, 2.24) is 10.2 Å². The van der Waals surface area contributed by atoms with Gasteiger partial charge in [-0.3, -0.25) is 4.79 Å². The van der Waals surface area contributed by atoms with Crippen LogP contribution in [0.2, 0.25) is 0 Å². The minimum atomic E-state index is -1.21. The molecule has 0 aromatic rings. The summed E-state index contributed by atoms with van der Waals surface area (Å²) in [6.07, 6.45) is 1.55. The first-order valence-electron chi connectivity index (χ1n) is 6.14. The van der Waals surface area contributed by atoms with Crippen LogP contribution in [0.1, 0.15) is 25.7 Å². The van der Waals surface area contributed by atoms with Crippen LogP contribution in [0, 0.1) is 0 Å². The quantitative estimate of drug-likeness (QED) is 0.444. The molecule has 3 amide bonds. The molecule has 0 aliphatic heterocycles. The molecule has 1 unspecified atom stereocenters. The highest BCUT2D eigenvalue weighted by Crippen LogP contribution is 2.26. The Morgan fingerprint density at radius 3 is 2.42 bits per heavy atom. The molecule has 19 heavy (non-hydrogen) atoms. The number of urea groups is 1. The van der Waals surface area contributed by atoms with Gasteiger partial charge in [0.1, 0.15) is 6.04 Å². The number of rotatable bonds is 8. The van der Waals surface area contributed by atoms with E-state index < -0.39 is 23.9 Å². The van der Waals surface area contributed by atoms with Gasteiger partial charge in [0.25, 0.3) is 0 Å². The van der Waals surface area contributed by atoms with E-state index in [9.17, 15) is 14.4 Å². The lowest BCUT2D eigenvalue weighted by Crippen LogP contribution is -2.49. The number of primary amides is 1. The summed E-state index contributed by atoms with van der Waals surface area (Å²) in [5.41, 5.74) is 4.95. The largest absolute Gasteiger partial charge is 0.480 e. The number of aliphatic carboxylic acids is 1. The Kier molecular flexibility index (Phi) is 5.56. The van der Waals surface area contributed by atoms with Crippen molar-refractivity contribution in [2.75, 3.05) is 13.2 Å². The molecule has 0 radical (unpaired) electrons. The second kappa shape index (κ2) is 6.93. The van der Waals surface area contributed by atoms with Gasteiger partial charge in [-0.25, -0.2) is 9.59 Å². The predicted octanol–water partition coefficient (Wildman–Crippen LogP) is -1.13. The summed E-state index contributed by atoms with van der Waals surface area (Å²) in [7, 11) is 0. The number of carboxylic acid groups (broad SMARTS) is 1. The first-order chi connectivity index (χ1) is 8.95. The van der Waals surface area contributed by atoms with Crippen LogP contribution in [0.15, 0.2) is 0 Å². The van der Waals surface area contributed by atoms with Crippen molar-refractivity contribution < 1.29 is 24.6 Å². The molecule has 0 saturated heterocycles. The number of amides is 3. The summed E-state index contributed by atoms with van der Waals surface area (Å²) in [6, 6.07) is -1.62. The molecule has 1 aliphatic carbocycles. The molecule has 8 heteroatoms. The summed E-state index contributed by atoms with van der Waals surface area (Å²) in [6.45, 7) is -0.0123. The lowest BCUT2D eigenvalue weighted by Gasteiger charge is -2.24. The van der Waals surface area contributed by atoms with Gasteiger partial charge in [-0.05, 0) is 19.3 Å². The third-order valence-electron chi connectivity index (χ3n) is 2.86. The van der Waals surface area contributed by atoms with Crippen LogP contribution in [0.25, 0.3) is 0 Å². The van der Waals surface area contributed by atoms with Crippen LogP contribution in [0.4, 0.5) is 4.79 Å². The Morgan fingerprint density at radius 2 is 2.00 bits per heavy atom. The van der Waals surface area contributed by atoms with E-state index in [-0.39, 0.29) is 32.0 Å². The van der Waals surface area contributed by atoms with Gasteiger partial charge in [0.05, 0.1) is 6.61 Å². The number of aliphatic hydroxyl groups is 1. The van der Waals surface area contributed by atoms with E-state index in [0.29, 0.717) is 0 Å². The monoisotopic (exact) mass is 273 g/mol. The topological polar surface area (TPSA) is 133 Å². The van der Waals surface area contributed by atoms with Gasteiger partial charge >= 0.3 is 12.0 Å². The fourth-order valence-corrected chi connectivity index (χ4v) is 1.72. The number of nitrogens with two attached hydrogens (primary N) is 1. The molecule has 0 aromatic heterocycles. The highest BCUT2D eigenvalue weighted by molar-refractivity contribution is 5.83. The van der Waals surface area contributed by atoms with Crippen LogP contribution in [-0.2, 0) is 9.59 Å². The summed E-state index contributed by atoms with van der Waals surface area (Å²) in [5.74, 6) is -1.83. The molecular formula is C11H19N3O5. The Hall–Kier alpha value is -1.83. The first kappa shape index (κ1) is 15.2. The maximum atomic E-state index is 11.9. The van der Waals surface area contributed by atoms with Crippen LogP contribution < -0.4 is 11.1 Å². The van der Waals surface area contributed by atoms with Gasteiger partial charge in [0, 0.05) is 19.0 Å². The summed E-state index contributed by atoms with van der Waals surface area (Å²) < 4.78 is 0. The molecule has 1 fully saturated rings. The fourth-order valence-electron chi connectivity index (χ4n) is 1.72. The van der Waals surface area contributed by atoms with Crippen molar-refractivity contribution in [3.63, 3.8) is 0 Å². The van der Waals surface area contributed by atoms with E-state index in [0.717, 1.165) is 12.8 Å². The average Bonchev–Trinajstić information content (AvgIpc) is 3.14. The van der Waals surface area contributed by atoms with Crippen molar-refractivity contribution >= 4 is 17.9 Å². The summed E-state index contributed by atoms with van der Waals surface area (Å²) >= 11 is 0. The van der Waals surface area contributed by atoms with Crippen LogP contribution in [0.5, 0.6) is 0 Å². The number of carbonyl (C=O) groups is 3. The van der Waals surface area contributed by atoms with Gasteiger partial charge in [-0.15, -0.1) is 0 Å². The third kappa shape index (κ3) is 5.12. The van der Waals surface area contributed by atoms with Gasteiger partial charge in [-0.1, -0.05) is 0 Å². The molecule has 1 saturated carbocycles. The number of nitrogens with one attached hydrogen (secondary N) is 1. The Bertz CT molecular complexity index is 356. The van der Waals surface area contributed by atoms with E-state index in [1.165, 1.54) is 4.90 Å². The van der Waals surface area contributed by atoms with E-state index in [1.54, 1.807) is 0 Å². The van der Waals surface area contributed by atoms with Crippen molar-refractivity contribution in [3.8, 4) is 0 Å². The van der Waals surface area contributed by atoms with Gasteiger partial charge in [0.2, 0.25) is 5.91 Å². The highest BCUT2D eigenvalue weighted by atomic mass is 16.4. The maximum Gasteiger partial charge on any atom is 0.326 e. The minimum absolute atomic E-state index is 0.0476. The molecule has 1 atom stereocenters. The number of aliphatic hydroxyl groups excluding tert-OH is 1. The number of carboxylic acids is 1. The average molecular weight is 273 g/mol. The Morgan fingerprint density at radius 1 is 1.37 bits per heavy atom. The lowest BCUT2D eigenvalue weighted by molar-refractivity contribution is -0.139. The number of nitrogens with zero attached hydrogens (tertiary/aromatic N) is 1. The van der Waals surface area contributed by atoms with Crippen molar-refractivity contribution in [1.29, 1.82) is 0 Å². The molecular weight excluding hydrogens is 254 g/mol. The molecule has 0 spiro atoms. The van der Waals surface area contributed by atoms with E-state index in [1.807, 2.05) is 0 Å². The Labute approximate surface area is 110 Å². The zero-order chi connectivity index (χ0) is 14.4. The predicted molar refractivity (Wildman–Crippen MR) is 65.2 cm³/mol. The summed E-state index contributed by atoms with van der Waals surface area (Å²) in [4.78, 5) is 34.9. The second-order valence-electron chi connectivity index (χ2n) is 4.49. The highest BCUT2D eigenvalue weighted by Gasteiger charge is 2.33. The molecule has 108 valence electrons. The molecule has 8 nitrogen and oxygen atoms in total. The van der Waals surface area contributed by atoms with Crippen LogP contribution in [0.3, 0.4) is 0 Å². The van der Waals surface area contributed by atoms with Crippen molar-refractivity contribution in [2.24, 2.45) is 5.73 Å². The number of hydrogen-bond donors (Lipinski definition) is 4. The van der Waals surface area contributed by atoms with Crippen LogP contribution in [-0.4, -0.2) is 58.3 Å². The van der Waals surface area contributed by atoms with E-state index in [4.69, 9.17) is 15.9 Å². The van der Waals surface area contributed by atoms with E-state index in [2.05, 4.69) is 5.32 Å². The SMILES string of the molecule is NC(=O)CCC(NC(=O)N(CCO)C1CC1)C(=O)O. The molecule has 1 rings (SSSR count). The zero-order valence-corrected chi connectivity index (χ0v) is 10.5. The first-order valence-corrected chi connectivity index (χ1v) is 6.14. The molecule has 0 bridgehead atoms. The standard InChI is InChI=1S/C11H19N3O5/c12-9(16)4-3-8(10(17)18)13-11(19)14(5-6-15)7-1-2-7/h7-8,15H,1-6H2,(H2,12,16)(H,13,19)(H,17,18). The fraction of sp³-hybridized carbons (Fsp3) is 0.727.